The highest BCUT2D eigenvalue weighted by molar-refractivity contribution is 5.76. The first-order valence-corrected chi connectivity index (χ1v) is 7.77. The standard InChI is InChI=1S/C17H28N2O2/c1-4-5-8-15(12-18)19-17(20)10-11-21-16-9-6-7-13(2)14(16)3/h6-7,9,15H,4-5,8,10-12,18H2,1-3H3,(H,19,20). The molecule has 1 atom stereocenters. The van der Waals surface area contributed by atoms with Crippen molar-refractivity contribution in [3.63, 3.8) is 0 Å². The number of amides is 1. The number of carbonyl (C=O) groups is 1. The fourth-order valence-corrected chi connectivity index (χ4v) is 2.13. The topological polar surface area (TPSA) is 64.3 Å². The summed E-state index contributed by atoms with van der Waals surface area (Å²) in [6.45, 7) is 7.09. The van der Waals surface area contributed by atoms with Crippen molar-refractivity contribution in [1.29, 1.82) is 0 Å². The maximum absolute atomic E-state index is 11.9. The molecule has 0 saturated heterocycles. The Morgan fingerprint density at radius 3 is 2.81 bits per heavy atom. The van der Waals surface area contributed by atoms with Crippen molar-refractivity contribution in [3.05, 3.63) is 29.3 Å². The molecular weight excluding hydrogens is 264 g/mol. The molecule has 1 unspecified atom stereocenters. The Bertz CT molecular complexity index is 446. The van der Waals surface area contributed by atoms with Gasteiger partial charge in [-0.25, -0.2) is 0 Å². The van der Waals surface area contributed by atoms with E-state index in [0.717, 1.165) is 30.6 Å². The van der Waals surface area contributed by atoms with E-state index >= 15 is 0 Å². The van der Waals surface area contributed by atoms with Crippen LogP contribution in [0.25, 0.3) is 0 Å². The minimum Gasteiger partial charge on any atom is -0.493 e. The van der Waals surface area contributed by atoms with Crippen molar-refractivity contribution < 1.29 is 9.53 Å². The monoisotopic (exact) mass is 292 g/mol. The molecule has 4 nitrogen and oxygen atoms in total. The molecule has 118 valence electrons. The molecule has 3 N–H and O–H groups in total. The van der Waals surface area contributed by atoms with Gasteiger partial charge in [0, 0.05) is 12.6 Å². The minimum atomic E-state index is 0.00635. The molecule has 0 saturated carbocycles. The number of nitrogens with two attached hydrogens (primary N) is 1. The zero-order chi connectivity index (χ0) is 15.7. The van der Waals surface area contributed by atoms with Crippen LogP contribution in [0.5, 0.6) is 5.75 Å². The summed E-state index contributed by atoms with van der Waals surface area (Å²) in [5, 5.41) is 2.97. The highest BCUT2D eigenvalue weighted by Gasteiger charge is 2.10. The van der Waals surface area contributed by atoms with Gasteiger partial charge in [-0.05, 0) is 37.5 Å². The van der Waals surface area contributed by atoms with Gasteiger partial charge in [0.05, 0.1) is 13.0 Å². The van der Waals surface area contributed by atoms with Crippen LogP contribution < -0.4 is 15.8 Å². The Balaban J connectivity index is 2.34. The van der Waals surface area contributed by atoms with Crippen LogP contribution in [-0.2, 0) is 4.79 Å². The van der Waals surface area contributed by atoms with Crippen LogP contribution in [0.15, 0.2) is 18.2 Å². The van der Waals surface area contributed by atoms with Gasteiger partial charge in [0.15, 0.2) is 0 Å². The van der Waals surface area contributed by atoms with Crippen molar-refractivity contribution in [2.75, 3.05) is 13.2 Å². The van der Waals surface area contributed by atoms with Gasteiger partial charge >= 0.3 is 0 Å². The highest BCUT2D eigenvalue weighted by atomic mass is 16.5. The van der Waals surface area contributed by atoms with Crippen molar-refractivity contribution in [2.45, 2.75) is 52.5 Å². The largest absolute Gasteiger partial charge is 0.493 e. The fourth-order valence-electron chi connectivity index (χ4n) is 2.13. The van der Waals surface area contributed by atoms with Gasteiger partial charge in [0.25, 0.3) is 0 Å². The van der Waals surface area contributed by atoms with Crippen molar-refractivity contribution in [3.8, 4) is 5.75 Å². The van der Waals surface area contributed by atoms with E-state index in [-0.39, 0.29) is 11.9 Å². The summed E-state index contributed by atoms with van der Waals surface area (Å²) in [5.74, 6) is 0.857. The predicted octanol–water partition coefficient (Wildman–Crippen LogP) is 2.71. The summed E-state index contributed by atoms with van der Waals surface area (Å²) in [7, 11) is 0. The van der Waals surface area contributed by atoms with Crippen molar-refractivity contribution in [1.82, 2.24) is 5.32 Å². The number of ether oxygens (including phenoxy) is 1. The Hall–Kier alpha value is -1.55. The molecule has 0 radical (unpaired) electrons. The lowest BCUT2D eigenvalue weighted by Gasteiger charge is -2.17. The molecular formula is C17H28N2O2. The second kappa shape index (κ2) is 9.40. The molecule has 0 aromatic heterocycles. The van der Waals surface area contributed by atoms with Crippen molar-refractivity contribution in [2.24, 2.45) is 5.73 Å². The normalized spacial score (nSPS) is 12.0. The van der Waals surface area contributed by atoms with E-state index in [9.17, 15) is 4.79 Å². The number of unbranched alkanes of at least 4 members (excludes halogenated alkanes) is 1. The van der Waals surface area contributed by atoms with Gasteiger partial charge < -0.3 is 15.8 Å². The van der Waals surface area contributed by atoms with Crippen LogP contribution in [-0.4, -0.2) is 25.1 Å². The molecule has 0 bridgehead atoms. The number of hydrogen-bond acceptors (Lipinski definition) is 3. The van der Waals surface area contributed by atoms with Crippen molar-refractivity contribution >= 4 is 5.91 Å². The lowest BCUT2D eigenvalue weighted by atomic mass is 10.1. The molecule has 1 aromatic rings. The Morgan fingerprint density at radius 2 is 2.14 bits per heavy atom. The quantitative estimate of drug-likeness (QED) is 0.735. The van der Waals surface area contributed by atoms with Gasteiger partial charge in [0.1, 0.15) is 5.75 Å². The maximum Gasteiger partial charge on any atom is 0.223 e. The highest BCUT2D eigenvalue weighted by Crippen LogP contribution is 2.20. The van der Waals surface area contributed by atoms with E-state index in [1.165, 1.54) is 5.56 Å². The average molecular weight is 292 g/mol. The van der Waals surface area contributed by atoms with Crippen LogP contribution in [0.2, 0.25) is 0 Å². The van der Waals surface area contributed by atoms with E-state index in [2.05, 4.69) is 25.2 Å². The fraction of sp³-hybridized carbons (Fsp3) is 0.588. The first-order valence-electron chi connectivity index (χ1n) is 7.77. The first kappa shape index (κ1) is 17.5. The molecule has 4 heteroatoms. The smallest absolute Gasteiger partial charge is 0.223 e. The molecule has 0 aliphatic heterocycles. The van der Waals surface area contributed by atoms with E-state index in [4.69, 9.17) is 10.5 Å². The first-order chi connectivity index (χ1) is 10.1. The third kappa shape index (κ3) is 6.17. The Labute approximate surface area is 128 Å². The summed E-state index contributed by atoms with van der Waals surface area (Å²) in [6, 6.07) is 6.03. The summed E-state index contributed by atoms with van der Waals surface area (Å²) in [6.07, 6.45) is 3.50. The lowest BCUT2D eigenvalue weighted by molar-refractivity contribution is -0.122. The van der Waals surface area contributed by atoms with Crippen LogP contribution in [0.3, 0.4) is 0 Å². The zero-order valence-electron chi connectivity index (χ0n) is 13.4. The van der Waals surface area contributed by atoms with E-state index < -0.39 is 0 Å². The number of rotatable bonds is 9. The van der Waals surface area contributed by atoms with Crippen LogP contribution >= 0.6 is 0 Å². The summed E-state index contributed by atoms with van der Waals surface area (Å²) < 4.78 is 5.69. The third-order valence-electron chi connectivity index (χ3n) is 3.70. The molecule has 0 heterocycles. The molecule has 0 spiro atoms. The average Bonchev–Trinajstić information content (AvgIpc) is 2.47. The summed E-state index contributed by atoms with van der Waals surface area (Å²) >= 11 is 0. The lowest BCUT2D eigenvalue weighted by Crippen LogP contribution is -2.40. The van der Waals surface area contributed by atoms with Gasteiger partial charge in [-0.1, -0.05) is 31.9 Å². The molecule has 0 fully saturated rings. The second-order valence-corrected chi connectivity index (χ2v) is 5.44. The van der Waals surface area contributed by atoms with E-state index in [1.807, 2.05) is 19.1 Å². The maximum atomic E-state index is 11.9. The SMILES string of the molecule is CCCCC(CN)NC(=O)CCOc1cccc(C)c1C. The van der Waals surface area contributed by atoms with Gasteiger partial charge in [-0.15, -0.1) is 0 Å². The van der Waals surface area contributed by atoms with Crippen LogP contribution in [0.1, 0.15) is 43.7 Å². The number of aryl methyl sites for hydroxylation is 1. The second-order valence-electron chi connectivity index (χ2n) is 5.44. The molecule has 1 rings (SSSR count). The molecule has 0 aliphatic rings. The van der Waals surface area contributed by atoms with E-state index in [1.54, 1.807) is 0 Å². The molecule has 1 amide bonds. The Morgan fingerprint density at radius 1 is 1.38 bits per heavy atom. The van der Waals surface area contributed by atoms with E-state index in [0.29, 0.717) is 19.6 Å². The third-order valence-corrected chi connectivity index (χ3v) is 3.70. The zero-order valence-corrected chi connectivity index (χ0v) is 13.4. The Kier molecular flexibility index (Phi) is 7.83. The molecule has 0 aliphatic carbocycles. The predicted molar refractivity (Wildman–Crippen MR) is 86.5 cm³/mol. The molecule has 1 aromatic carbocycles. The molecule has 21 heavy (non-hydrogen) atoms. The number of benzene rings is 1. The van der Waals surface area contributed by atoms with Gasteiger partial charge in [-0.3, -0.25) is 4.79 Å². The van der Waals surface area contributed by atoms with Gasteiger partial charge in [-0.2, -0.15) is 0 Å². The minimum absolute atomic E-state index is 0.00635. The van der Waals surface area contributed by atoms with Crippen LogP contribution in [0, 0.1) is 13.8 Å². The van der Waals surface area contributed by atoms with Gasteiger partial charge in [0.2, 0.25) is 5.91 Å². The summed E-state index contributed by atoms with van der Waals surface area (Å²) in [5.41, 5.74) is 7.99. The number of carbonyl (C=O) groups excluding carboxylic acids is 1. The number of hydrogen-bond donors (Lipinski definition) is 2. The summed E-state index contributed by atoms with van der Waals surface area (Å²) in [4.78, 5) is 11.9. The number of nitrogens with one attached hydrogen (secondary N) is 1. The van der Waals surface area contributed by atoms with Crippen LogP contribution in [0.4, 0.5) is 0 Å².